The Labute approximate surface area is 105 Å². The molecule has 0 radical (unpaired) electrons. The first-order chi connectivity index (χ1) is 8.29. The van der Waals surface area contributed by atoms with Crippen molar-refractivity contribution in [3.8, 4) is 0 Å². The number of carbonyl (C=O) groups is 1. The molecule has 0 heterocycles. The van der Waals surface area contributed by atoms with Gasteiger partial charge >= 0.3 is 6.18 Å². The van der Waals surface area contributed by atoms with Crippen molar-refractivity contribution in [2.75, 3.05) is 6.54 Å². The minimum absolute atomic E-state index is 0.0597. The topological polar surface area (TPSA) is 55.1 Å². The Hall–Kier alpha value is -0.780. The molecule has 6 heteroatoms. The highest BCUT2D eigenvalue weighted by molar-refractivity contribution is 5.79. The molecule has 3 unspecified atom stereocenters. The monoisotopic (exact) mass is 266 g/mol. The van der Waals surface area contributed by atoms with E-state index in [4.69, 9.17) is 5.73 Å². The quantitative estimate of drug-likeness (QED) is 0.766. The van der Waals surface area contributed by atoms with Gasteiger partial charge in [0.1, 0.15) is 0 Å². The third kappa shape index (κ3) is 5.25. The van der Waals surface area contributed by atoms with E-state index in [-0.39, 0.29) is 36.8 Å². The summed E-state index contributed by atoms with van der Waals surface area (Å²) in [4.78, 5) is 11.8. The molecule has 0 bridgehead atoms. The number of rotatable bonds is 4. The van der Waals surface area contributed by atoms with Crippen molar-refractivity contribution >= 4 is 5.91 Å². The molecular weight excluding hydrogens is 245 g/mol. The van der Waals surface area contributed by atoms with E-state index >= 15 is 0 Å². The van der Waals surface area contributed by atoms with Gasteiger partial charge in [-0.15, -0.1) is 0 Å². The van der Waals surface area contributed by atoms with Gasteiger partial charge in [0, 0.05) is 24.9 Å². The molecule has 1 aliphatic carbocycles. The molecule has 1 saturated carbocycles. The Balaban J connectivity index is 2.24. The average Bonchev–Trinajstić information content (AvgIpc) is 2.22. The Kier molecular flexibility index (Phi) is 5.44. The van der Waals surface area contributed by atoms with Gasteiger partial charge < -0.3 is 11.1 Å². The first-order valence-corrected chi connectivity index (χ1v) is 6.39. The van der Waals surface area contributed by atoms with Crippen LogP contribution in [0.4, 0.5) is 13.2 Å². The maximum absolute atomic E-state index is 11.9. The molecule has 0 aliphatic heterocycles. The minimum Gasteiger partial charge on any atom is -0.356 e. The second-order valence-corrected chi connectivity index (χ2v) is 5.17. The summed E-state index contributed by atoms with van der Waals surface area (Å²) < 4.78 is 35.7. The fourth-order valence-corrected chi connectivity index (χ4v) is 2.46. The van der Waals surface area contributed by atoms with Crippen molar-refractivity contribution in [3.63, 3.8) is 0 Å². The van der Waals surface area contributed by atoms with Crippen molar-refractivity contribution in [1.29, 1.82) is 0 Å². The van der Waals surface area contributed by atoms with Gasteiger partial charge in [0.15, 0.2) is 0 Å². The van der Waals surface area contributed by atoms with Crippen molar-refractivity contribution in [1.82, 2.24) is 5.32 Å². The van der Waals surface area contributed by atoms with Crippen LogP contribution in [-0.4, -0.2) is 24.7 Å². The van der Waals surface area contributed by atoms with E-state index in [2.05, 4.69) is 5.32 Å². The lowest BCUT2D eigenvalue weighted by molar-refractivity contribution is -0.137. The van der Waals surface area contributed by atoms with Gasteiger partial charge in [0.25, 0.3) is 0 Å². The second kappa shape index (κ2) is 6.41. The number of hydrogen-bond acceptors (Lipinski definition) is 2. The van der Waals surface area contributed by atoms with Crippen LogP contribution in [0.15, 0.2) is 0 Å². The summed E-state index contributed by atoms with van der Waals surface area (Å²) in [5, 5.41) is 2.59. The van der Waals surface area contributed by atoms with E-state index in [1.54, 1.807) is 0 Å². The Morgan fingerprint density at radius 1 is 1.39 bits per heavy atom. The lowest BCUT2D eigenvalue weighted by Gasteiger charge is -2.31. The van der Waals surface area contributed by atoms with Crippen LogP contribution in [0.1, 0.15) is 39.0 Å². The van der Waals surface area contributed by atoms with Crippen LogP contribution in [0.2, 0.25) is 0 Å². The Bertz CT molecular complexity index is 281. The van der Waals surface area contributed by atoms with Crippen LogP contribution in [0.25, 0.3) is 0 Å². The van der Waals surface area contributed by atoms with Gasteiger partial charge in [-0.25, -0.2) is 0 Å². The van der Waals surface area contributed by atoms with Crippen molar-refractivity contribution in [3.05, 3.63) is 0 Å². The number of amides is 1. The third-order valence-corrected chi connectivity index (χ3v) is 3.48. The third-order valence-electron chi connectivity index (χ3n) is 3.48. The zero-order chi connectivity index (χ0) is 13.8. The van der Waals surface area contributed by atoms with Crippen molar-refractivity contribution < 1.29 is 18.0 Å². The Morgan fingerprint density at radius 3 is 2.61 bits per heavy atom. The molecule has 0 aromatic heterocycles. The number of hydrogen-bond donors (Lipinski definition) is 2. The first kappa shape index (κ1) is 15.3. The van der Waals surface area contributed by atoms with Crippen LogP contribution in [0.3, 0.4) is 0 Å². The Morgan fingerprint density at radius 2 is 2.06 bits per heavy atom. The minimum atomic E-state index is -4.14. The molecule has 18 heavy (non-hydrogen) atoms. The maximum Gasteiger partial charge on any atom is 0.389 e. The van der Waals surface area contributed by atoms with Gasteiger partial charge in [-0.3, -0.25) is 4.79 Å². The standard InChI is InChI=1S/C12H21F3N2O/c1-8-7-9(16)3-4-10(8)11(18)17-6-2-5-12(13,14)15/h8-10H,2-7,16H2,1H3,(H,17,18). The van der Waals surface area contributed by atoms with Crippen LogP contribution >= 0.6 is 0 Å². The summed E-state index contributed by atoms with van der Waals surface area (Å²) in [6.45, 7) is 2.06. The summed E-state index contributed by atoms with van der Waals surface area (Å²) in [7, 11) is 0. The zero-order valence-electron chi connectivity index (χ0n) is 10.6. The molecule has 0 spiro atoms. The van der Waals surface area contributed by atoms with E-state index in [0.717, 1.165) is 19.3 Å². The SMILES string of the molecule is CC1CC(N)CCC1C(=O)NCCCC(F)(F)F. The molecule has 0 aromatic rings. The van der Waals surface area contributed by atoms with Gasteiger partial charge in [-0.1, -0.05) is 6.92 Å². The van der Waals surface area contributed by atoms with E-state index in [1.807, 2.05) is 6.92 Å². The molecule has 0 aromatic carbocycles. The number of nitrogens with one attached hydrogen (secondary N) is 1. The van der Waals surface area contributed by atoms with E-state index < -0.39 is 12.6 Å². The van der Waals surface area contributed by atoms with Crippen LogP contribution in [0, 0.1) is 11.8 Å². The molecule has 1 aliphatic rings. The largest absolute Gasteiger partial charge is 0.389 e. The second-order valence-electron chi connectivity index (χ2n) is 5.17. The predicted octanol–water partition coefficient (Wildman–Crippen LogP) is 2.21. The molecule has 1 amide bonds. The average molecular weight is 266 g/mol. The molecule has 0 saturated heterocycles. The zero-order valence-corrected chi connectivity index (χ0v) is 10.6. The van der Waals surface area contributed by atoms with E-state index in [1.165, 1.54) is 0 Å². The molecule has 3 atom stereocenters. The smallest absolute Gasteiger partial charge is 0.356 e. The highest BCUT2D eigenvalue weighted by atomic mass is 19.4. The summed E-state index contributed by atoms with van der Waals surface area (Å²) >= 11 is 0. The molecule has 1 rings (SSSR count). The molecule has 3 nitrogen and oxygen atoms in total. The summed E-state index contributed by atoms with van der Waals surface area (Å²) in [5.41, 5.74) is 5.80. The molecule has 3 N–H and O–H groups in total. The fourth-order valence-electron chi connectivity index (χ4n) is 2.46. The van der Waals surface area contributed by atoms with Crippen molar-refractivity contribution in [2.45, 2.75) is 51.2 Å². The molecule has 106 valence electrons. The molecule has 1 fully saturated rings. The van der Waals surface area contributed by atoms with Gasteiger partial charge in [0.2, 0.25) is 5.91 Å². The van der Waals surface area contributed by atoms with Gasteiger partial charge in [-0.2, -0.15) is 13.2 Å². The number of carbonyl (C=O) groups excluding carboxylic acids is 1. The number of nitrogens with two attached hydrogens (primary N) is 1. The highest BCUT2D eigenvalue weighted by Gasteiger charge is 2.31. The highest BCUT2D eigenvalue weighted by Crippen LogP contribution is 2.29. The maximum atomic E-state index is 11.9. The van der Waals surface area contributed by atoms with E-state index in [0.29, 0.717) is 0 Å². The summed E-state index contributed by atoms with van der Waals surface area (Å²) in [6.07, 6.45) is -2.71. The summed E-state index contributed by atoms with van der Waals surface area (Å²) in [5.74, 6) is -0.0244. The lowest BCUT2D eigenvalue weighted by Crippen LogP contribution is -2.41. The van der Waals surface area contributed by atoms with E-state index in [9.17, 15) is 18.0 Å². The van der Waals surface area contributed by atoms with Crippen LogP contribution in [-0.2, 0) is 4.79 Å². The van der Waals surface area contributed by atoms with Crippen LogP contribution < -0.4 is 11.1 Å². The first-order valence-electron chi connectivity index (χ1n) is 6.39. The lowest BCUT2D eigenvalue weighted by atomic mass is 9.78. The number of alkyl halides is 3. The van der Waals surface area contributed by atoms with Gasteiger partial charge in [0.05, 0.1) is 0 Å². The fraction of sp³-hybridized carbons (Fsp3) is 0.917. The van der Waals surface area contributed by atoms with Crippen LogP contribution in [0.5, 0.6) is 0 Å². The van der Waals surface area contributed by atoms with Crippen molar-refractivity contribution in [2.24, 2.45) is 17.6 Å². The molecular formula is C12H21F3N2O. The summed E-state index contributed by atoms with van der Waals surface area (Å²) in [6, 6.07) is 0.147. The normalized spacial score (nSPS) is 29.1. The number of halogens is 3. The predicted molar refractivity (Wildman–Crippen MR) is 62.8 cm³/mol. The van der Waals surface area contributed by atoms with Gasteiger partial charge in [-0.05, 0) is 31.6 Å².